The van der Waals surface area contributed by atoms with Gasteiger partial charge >= 0.3 is 0 Å². The van der Waals surface area contributed by atoms with Crippen molar-refractivity contribution in [2.75, 3.05) is 11.5 Å². The van der Waals surface area contributed by atoms with E-state index in [1.54, 1.807) is 0 Å². The molecular weight excluding hydrogens is 785 g/mol. The summed E-state index contributed by atoms with van der Waals surface area (Å²) in [6.45, 7) is 4.28. The SMILES string of the molecule is CC/C=C\C/C=C\C/C=C\C/C=C\C/C=C\C/C=C\CCC(=O)NC(CSSCC(NC(=O)CC/C=C\C/C=C\C/C=C\C/C=C\C/C=C\C/C=C\CC)C(N)=O)C(N)=O. The third kappa shape index (κ3) is 40.2. The smallest absolute Gasteiger partial charge is 0.240 e. The van der Waals surface area contributed by atoms with Gasteiger partial charge in [0.05, 0.1) is 0 Å². The molecule has 2 atom stereocenters. The summed E-state index contributed by atoms with van der Waals surface area (Å²) in [6.07, 6.45) is 64.0. The second-order valence-electron chi connectivity index (χ2n) is 13.5. The number of hydrogen-bond donors (Lipinski definition) is 4. The van der Waals surface area contributed by atoms with E-state index in [1.807, 2.05) is 24.3 Å². The van der Waals surface area contributed by atoms with Gasteiger partial charge in [0.15, 0.2) is 0 Å². The van der Waals surface area contributed by atoms with Crippen molar-refractivity contribution in [1.82, 2.24) is 10.6 Å². The maximum atomic E-state index is 12.4. The summed E-state index contributed by atoms with van der Waals surface area (Å²) in [5, 5.41) is 5.38. The van der Waals surface area contributed by atoms with Gasteiger partial charge < -0.3 is 22.1 Å². The van der Waals surface area contributed by atoms with E-state index in [0.29, 0.717) is 12.8 Å². The number of hydrogen-bond acceptors (Lipinski definition) is 6. The molecule has 0 aliphatic rings. The summed E-state index contributed by atoms with van der Waals surface area (Å²) < 4.78 is 0. The largest absolute Gasteiger partial charge is 0.368 e. The molecule has 0 aliphatic carbocycles. The van der Waals surface area contributed by atoms with E-state index < -0.39 is 23.9 Å². The first-order valence-electron chi connectivity index (χ1n) is 21.5. The molecule has 0 aliphatic heterocycles. The molecule has 0 bridgehead atoms. The van der Waals surface area contributed by atoms with Crippen molar-refractivity contribution in [1.29, 1.82) is 0 Å². The topological polar surface area (TPSA) is 144 Å². The minimum Gasteiger partial charge on any atom is -0.368 e. The number of allylic oxidation sites excluding steroid dienone is 24. The van der Waals surface area contributed by atoms with Gasteiger partial charge in [0.1, 0.15) is 12.1 Å². The average molecular weight is 859 g/mol. The molecule has 0 aromatic carbocycles. The van der Waals surface area contributed by atoms with Gasteiger partial charge in [-0.25, -0.2) is 0 Å². The molecule has 0 aromatic heterocycles. The second kappa shape index (κ2) is 44.0. The van der Waals surface area contributed by atoms with E-state index >= 15 is 0 Å². The molecule has 0 rings (SSSR count). The first-order chi connectivity index (χ1) is 29.3. The molecule has 10 heteroatoms. The fourth-order valence-corrected chi connectivity index (χ4v) is 7.22. The van der Waals surface area contributed by atoms with Gasteiger partial charge in [0.2, 0.25) is 23.6 Å². The summed E-state index contributed by atoms with van der Waals surface area (Å²) in [5.74, 6) is -1.38. The van der Waals surface area contributed by atoms with Crippen LogP contribution in [-0.2, 0) is 19.2 Å². The van der Waals surface area contributed by atoms with Crippen LogP contribution in [-0.4, -0.2) is 47.2 Å². The van der Waals surface area contributed by atoms with Gasteiger partial charge in [-0.05, 0) is 89.9 Å². The molecule has 6 N–H and O–H groups in total. The third-order valence-corrected chi connectivity index (χ3v) is 10.6. The zero-order valence-electron chi connectivity index (χ0n) is 36.3. The predicted molar refractivity (Wildman–Crippen MR) is 262 cm³/mol. The van der Waals surface area contributed by atoms with Crippen molar-refractivity contribution in [2.45, 2.75) is 129 Å². The van der Waals surface area contributed by atoms with Crippen LogP contribution in [0.4, 0.5) is 0 Å². The summed E-state index contributed by atoms with van der Waals surface area (Å²) in [5.41, 5.74) is 11.1. The molecule has 60 heavy (non-hydrogen) atoms. The lowest BCUT2D eigenvalue weighted by atomic mass is 10.2. The first kappa shape index (κ1) is 55.5. The predicted octanol–water partition coefficient (Wildman–Crippen LogP) is 11.3. The Morgan fingerprint density at radius 3 is 0.817 bits per heavy atom. The van der Waals surface area contributed by atoms with Crippen LogP contribution in [0.2, 0.25) is 0 Å². The molecule has 0 aromatic rings. The zero-order chi connectivity index (χ0) is 44.0. The standard InChI is InChI=1S/C50H74N4O4S2/c1-3-5-7-9-11-13-15-17-19-21-23-25-27-29-31-33-35-37-39-41-47(55)53-45(49(51)57)43-59-60-44-46(50(52)58)54-48(56)42-40-38-36-34-32-30-28-26-24-22-20-18-16-14-12-10-8-6-4-2/h5-8,11-14,17-20,23-26,29-32,35-38,45-46H,3-4,9-10,15-16,21-22,27-28,33-34,39-44H2,1-2H3,(H2,51,57)(H2,52,58)(H,53,55)(H,54,56)/b7-5-,8-6-,13-11-,14-12-,19-17-,20-18-,25-23-,26-24-,31-29-,32-30-,37-35-,38-36-. The van der Waals surface area contributed by atoms with Crippen molar-refractivity contribution < 1.29 is 19.2 Å². The number of carbonyl (C=O) groups is 4. The van der Waals surface area contributed by atoms with Crippen molar-refractivity contribution >= 4 is 45.2 Å². The van der Waals surface area contributed by atoms with Gasteiger partial charge in [-0.2, -0.15) is 0 Å². The highest BCUT2D eigenvalue weighted by molar-refractivity contribution is 8.76. The second-order valence-corrected chi connectivity index (χ2v) is 16.1. The third-order valence-electron chi connectivity index (χ3n) is 8.18. The maximum absolute atomic E-state index is 12.4. The number of nitrogens with two attached hydrogens (primary N) is 2. The van der Waals surface area contributed by atoms with Gasteiger partial charge in [0.25, 0.3) is 0 Å². The number of rotatable bonds is 37. The van der Waals surface area contributed by atoms with Crippen LogP contribution in [0.3, 0.4) is 0 Å². The average Bonchev–Trinajstić information content (AvgIpc) is 3.22. The van der Waals surface area contributed by atoms with Crippen LogP contribution >= 0.6 is 21.6 Å². The summed E-state index contributed by atoms with van der Waals surface area (Å²) >= 11 is 0. The molecule has 330 valence electrons. The highest BCUT2D eigenvalue weighted by Crippen LogP contribution is 2.23. The van der Waals surface area contributed by atoms with E-state index in [0.717, 1.165) is 77.0 Å². The molecule has 0 radical (unpaired) electrons. The Kier molecular flexibility index (Phi) is 40.7. The van der Waals surface area contributed by atoms with E-state index in [9.17, 15) is 19.2 Å². The number of nitrogens with one attached hydrogen (secondary N) is 2. The van der Waals surface area contributed by atoms with E-state index in [4.69, 9.17) is 11.5 Å². The normalized spacial score (nSPS) is 14.0. The van der Waals surface area contributed by atoms with Gasteiger partial charge in [-0.1, -0.05) is 181 Å². The molecule has 0 fully saturated rings. The lowest BCUT2D eigenvalue weighted by Crippen LogP contribution is -2.46. The van der Waals surface area contributed by atoms with Gasteiger partial charge in [0, 0.05) is 24.3 Å². The van der Waals surface area contributed by atoms with E-state index in [2.05, 4.69) is 146 Å². The Bertz CT molecular complexity index is 1400. The summed E-state index contributed by atoms with van der Waals surface area (Å²) in [6, 6.07) is -1.72. The van der Waals surface area contributed by atoms with E-state index in [1.165, 1.54) is 21.6 Å². The fourth-order valence-electron chi connectivity index (χ4n) is 4.86. The van der Waals surface area contributed by atoms with Crippen LogP contribution in [0.15, 0.2) is 146 Å². The highest BCUT2D eigenvalue weighted by Gasteiger charge is 2.21. The van der Waals surface area contributed by atoms with Crippen LogP contribution in [0.25, 0.3) is 0 Å². The molecule has 4 amide bonds. The van der Waals surface area contributed by atoms with Crippen molar-refractivity contribution in [2.24, 2.45) is 11.5 Å². The number of primary amides is 2. The lowest BCUT2D eigenvalue weighted by molar-refractivity contribution is -0.126. The highest BCUT2D eigenvalue weighted by atomic mass is 33.1. The Balaban J connectivity index is 4.17. The van der Waals surface area contributed by atoms with Crippen LogP contribution in [0.1, 0.15) is 117 Å². The fraction of sp³-hybridized carbons (Fsp3) is 0.440. The molecule has 0 heterocycles. The van der Waals surface area contributed by atoms with Crippen molar-refractivity contribution in [3.8, 4) is 0 Å². The summed E-state index contributed by atoms with van der Waals surface area (Å²) in [7, 11) is 2.56. The Morgan fingerprint density at radius 1 is 0.383 bits per heavy atom. The minimum atomic E-state index is -0.858. The Hall–Kier alpha value is -4.54. The molecular formula is C50H74N4O4S2. The molecule has 8 nitrogen and oxygen atoms in total. The van der Waals surface area contributed by atoms with Crippen molar-refractivity contribution in [3.05, 3.63) is 146 Å². The minimum absolute atomic E-state index is 0.216. The van der Waals surface area contributed by atoms with Crippen LogP contribution in [0, 0.1) is 0 Å². The lowest BCUT2D eigenvalue weighted by Gasteiger charge is -2.17. The molecule has 0 saturated heterocycles. The quantitative estimate of drug-likeness (QED) is 0.0278. The first-order valence-corrected chi connectivity index (χ1v) is 24.0. The zero-order valence-corrected chi connectivity index (χ0v) is 38.0. The molecule has 0 saturated carbocycles. The Morgan fingerprint density at radius 2 is 0.600 bits per heavy atom. The molecule has 2 unspecified atom stereocenters. The van der Waals surface area contributed by atoms with Crippen LogP contribution in [0.5, 0.6) is 0 Å². The van der Waals surface area contributed by atoms with Crippen LogP contribution < -0.4 is 22.1 Å². The number of carbonyl (C=O) groups excluding carboxylic acids is 4. The monoisotopic (exact) mass is 859 g/mol. The van der Waals surface area contributed by atoms with Crippen molar-refractivity contribution in [3.63, 3.8) is 0 Å². The van der Waals surface area contributed by atoms with Gasteiger partial charge in [-0.15, -0.1) is 0 Å². The molecule has 0 spiro atoms. The summed E-state index contributed by atoms with van der Waals surface area (Å²) in [4.78, 5) is 48.8. The van der Waals surface area contributed by atoms with E-state index in [-0.39, 0.29) is 36.2 Å². The Labute approximate surface area is 370 Å². The maximum Gasteiger partial charge on any atom is 0.240 e. The number of amides is 4. The van der Waals surface area contributed by atoms with Gasteiger partial charge in [-0.3, -0.25) is 19.2 Å².